The second-order valence-electron chi connectivity index (χ2n) is 6.48. The molecule has 2 amide bonds. The highest BCUT2D eigenvalue weighted by Gasteiger charge is 2.41. The molecule has 0 aromatic heterocycles. The standard InChI is InChI=1S/C21H19ClN2O3/c22-17-9-5-4-8-16(17)14-24-20(25)18(15-6-2-1-3-7-15)19(21(24)26)23-10-12-27-13-11-23/h1-9H,10-14H2. The van der Waals surface area contributed by atoms with Crippen molar-refractivity contribution in [3.63, 3.8) is 0 Å². The fraction of sp³-hybridized carbons (Fsp3) is 0.238. The van der Waals surface area contributed by atoms with Crippen molar-refractivity contribution >= 4 is 29.0 Å². The van der Waals surface area contributed by atoms with Gasteiger partial charge in [-0.2, -0.15) is 0 Å². The Kier molecular flexibility index (Phi) is 4.97. The second kappa shape index (κ2) is 7.55. The van der Waals surface area contributed by atoms with E-state index in [0.29, 0.717) is 42.6 Å². The van der Waals surface area contributed by atoms with E-state index in [2.05, 4.69) is 0 Å². The molecule has 138 valence electrons. The molecule has 2 aliphatic rings. The summed E-state index contributed by atoms with van der Waals surface area (Å²) < 4.78 is 5.41. The highest BCUT2D eigenvalue weighted by atomic mass is 35.5. The van der Waals surface area contributed by atoms with Gasteiger partial charge in [-0.1, -0.05) is 60.1 Å². The van der Waals surface area contributed by atoms with Crippen LogP contribution in [0.3, 0.4) is 0 Å². The Bertz CT molecular complexity index is 905. The second-order valence-corrected chi connectivity index (χ2v) is 6.88. The van der Waals surface area contributed by atoms with Crippen LogP contribution in [0, 0.1) is 0 Å². The van der Waals surface area contributed by atoms with E-state index in [-0.39, 0.29) is 18.4 Å². The van der Waals surface area contributed by atoms with E-state index in [1.54, 1.807) is 6.07 Å². The molecule has 0 radical (unpaired) electrons. The molecule has 2 aliphatic heterocycles. The highest BCUT2D eigenvalue weighted by molar-refractivity contribution is 6.35. The molecule has 4 rings (SSSR count). The largest absolute Gasteiger partial charge is 0.378 e. The first-order valence-corrected chi connectivity index (χ1v) is 9.26. The van der Waals surface area contributed by atoms with Gasteiger partial charge in [0.25, 0.3) is 11.8 Å². The van der Waals surface area contributed by atoms with Gasteiger partial charge in [0.15, 0.2) is 0 Å². The van der Waals surface area contributed by atoms with Gasteiger partial charge in [0.2, 0.25) is 0 Å². The molecule has 2 heterocycles. The fourth-order valence-electron chi connectivity index (χ4n) is 3.45. The number of benzene rings is 2. The van der Waals surface area contributed by atoms with Gasteiger partial charge in [-0.25, -0.2) is 0 Å². The van der Waals surface area contributed by atoms with Gasteiger partial charge < -0.3 is 9.64 Å². The van der Waals surface area contributed by atoms with Crippen LogP contribution in [0.2, 0.25) is 5.02 Å². The zero-order valence-electron chi connectivity index (χ0n) is 14.7. The Morgan fingerprint density at radius 3 is 2.26 bits per heavy atom. The van der Waals surface area contributed by atoms with E-state index >= 15 is 0 Å². The molecule has 2 aromatic rings. The maximum Gasteiger partial charge on any atom is 0.278 e. The number of ether oxygens (including phenoxy) is 1. The van der Waals surface area contributed by atoms with Crippen molar-refractivity contribution in [2.24, 2.45) is 0 Å². The predicted octanol–water partition coefficient (Wildman–Crippen LogP) is 2.95. The van der Waals surface area contributed by atoms with Gasteiger partial charge >= 0.3 is 0 Å². The topological polar surface area (TPSA) is 49.9 Å². The molecular formula is C21H19ClN2O3. The minimum absolute atomic E-state index is 0.154. The summed E-state index contributed by atoms with van der Waals surface area (Å²) >= 11 is 6.25. The third-order valence-corrected chi connectivity index (χ3v) is 5.19. The summed E-state index contributed by atoms with van der Waals surface area (Å²) in [5.74, 6) is -0.562. The van der Waals surface area contributed by atoms with Gasteiger partial charge in [0.05, 0.1) is 25.3 Å². The molecular weight excluding hydrogens is 364 g/mol. The fourth-order valence-corrected chi connectivity index (χ4v) is 3.64. The smallest absolute Gasteiger partial charge is 0.278 e. The Morgan fingerprint density at radius 1 is 0.889 bits per heavy atom. The molecule has 1 saturated heterocycles. The van der Waals surface area contributed by atoms with Crippen LogP contribution in [0.5, 0.6) is 0 Å². The number of rotatable bonds is 4. The number of amides is 2. The Balaban J connectivity index is 1.74. The number of imide groups is 1. The minimum Gasteiger partial charge on any atom is -0.378 e. The van der Waals surface area contributed by atoms with Crippen molar-refractivity contribution < 1.29 is 14.3 Å². The van der Waals surface area contributed by atoms with E-state index in [0.717, 1.165) is 11.1 Å². The summed E-state index contributed by atoms with van der Waals surface area (Å²) in [6.07, 6.45) is 0. The maximum absolute atomic E-state index is 13.2. The quantitative estimate of drug-likeness (QED) is 0.763. The summed E-state index contributed by atoms with van der Waals surface area (Å²) in [5, 5.41) is 0.541. The number of hydrogen-bond donors (Lipinski definition) is 0. The Morgan fingerprint density at radius 2 is 1.56 bits per heavy atom. The molecule has 0 aliphatic carbocycles. The molecule has 0 unspecified atom stereocenters. The van der Waals surface area contributed by atoms with Crippen LogP contribution in [-0.2, 0) is 20.9 Å². The number of nitrogens with zero attached hydrogens (tertiary/aromatic N) is 2. The number of halogens is 1. The molecule has 0 saturated carbocycles. The number of carbonyl (C=O) groups is 2. The highest BCUT2D eigenvalue weighted by Crippen LogP contribution is 2.33. The van der Waals surface area contributed by atoms with E-state index in [4.69, 9.17) is 16.3 Å². The lowest BCUT2D eigenvalue weighted by Gasteiger charge is -2.29. The summed E-state index contributed by atoms with van der Waals surface area (Å²) in [5.41, 5.74) is 2.41. The van der Waals surface area contributed by atoms with Crippen LogP contribution in [-0.4, -0.2) is 47.9 Å². The van der Waals surface area contributed by atoms with Crippen LogP contribution in [0.1, 0.15) is 11.1 Å². The number of carbonyl (C=O) groups excluding carboxylic acids is 2. The monoisotopic (exact) mass is 382 g/mol. The lowest BCUT2D eigenvalue weighted by Crippen LogP contribution is -2.40. The SMILES string of the molecule is O=C1C(c2ccccc2)=C(N2CCOCC2)C(=O)N1Cc1ccccc1Cl. The molecule has 0 bridgehead atoms. The summed E-state index contributed by atoms with van der Waals surface area (Å²) in [4.78, 5) is 29.7. The van der Waals surface area contributed by atoms with E-state index in [1.807, 2.05) is 53.4 Å². The molecule has 0 N–H and O–H groups in total. The van der Waals surface area contributed by atoms with Crippen LogP contribution in [0.25, 0.3) is 5.57 Å². The van der Waals surface area contributed by atoms with Crippen LogP contribution in [0.15, 0.2) is 60.3 Å². The lowest BCUT2D eigenvalue weighted by atomic mass is 10.0. The first-order chi connectivity index (χ1) is 13.2. The number of morpholine rings is 1. The summed E-state index contributed by atoms with van der Waals surface area (Å²) in [6.45, 7) is 2.41. The van der Waals surface area contributed by atoms with Gasteiger partial charge in [0.1, 0.15) is 5.70 Å². The van der Waals surface area contributed by atoms with Crippen molar-refractivity contribution in [1.29, 1.82) is 0 Å². The zero-order chi connectivity index (χ0) is 18.8. The van der Waals surface area contributed by atoms with Gasteiger partial charge in [-0.05, 0) is 17.2 Å². The Hall–Kier alpha value is -2.63. The first kappa shape index (κ1) is 17.8. The van der Waals surface area contributed by atoms with Gasteiger partial charge in [-0.15, -0.1) is 0 Å². The molecule has 2 aromatic carbocycles. The van der Waals surface area contributed by atoms with Gasteiger partial charge in [0, 0.05) is 18.1 Å². The van der Waals surface area contributed by atoms with Crippen molar-refractivity contribution in [1.82, 2.24) is 9.80 Å². The molecule has 0 atom stereocenters. The van der Waals surface area contributed by atoms with E-state index < -0.39 is 0 Å². The predicted molar refractivity (Wildman–Crippen MR) is 103 cm³/mol. The third-order valence-electron chi connectivity index (χ3n) is 4.82. The first-order valence-electron chi connectivity index (χ1n) is 8.89. The van der Waals surface area contributed by atoms with Crippen LogP contribution in [0.4, 0.5) is 0 Å². The van der Waals surface area contributed by atoms with Crippen molar-refractivity contribution in [3.8, 4) is 0 Å². The van der Waals surface area contributed by atoms with E-state index in [9.17, 15) is 9.59 Å². The summed E-state index contributed by atoms with van der Waals surface area (Å²) in [7, 11) is 0. The maximum atomic E-state index is 13.2. The average molecular weight is 383 g/mol. The summed E-state index contributed by atoms with van der Waals surface area (Å²) in [6, 6.07) is 16.6. The van der Waals surface area contributed by atoms with Crippen LogP contribution >= 0.6 is 11.6 Å². The third kappa shape index (κ3) is 3.36. The van der Waals surface area contributed by atoms with Crippen molar-refractivity contribution in [2.45, 2.75) is 6.54 Å². The van der Waals surface area contributed by atoms with Crippen molar-refractivity contribution in [2.75, 3.05) is 26.3 Å². The minimum atomic E-state index is -0.285. The lowest BCUT2D eigenvalue weighted by molar-refractivity contribution is -0.138. The molecule has 0 spiro atoms. The normalized spacial score (nSPS) is 17.8. The Labute approximate surface area is 162 Å². The molecule has 1 fully saturated rings. The van der Waals surface area contributed by atoms with Crippen molar-refractivity contribution in [3.05, 3.63) is 76.4 Å². The van der Waals surface area contributed by atoms with E-state index in [1.165, 1.54) is 4.90 Å². The van der Waals surface area contributed by atoms with Crippen LogP contribution < -0.4 is 0 Å². The average Bonchev–Trinajstić information content (AvgIpc) is 2.95. The molecule has 6 heteroatoms. The van der Waals surface area contributed by atoms with Gasteiger partial charge in [-0.3, -0.25) is 14.5 Å². The molecule has 5 nitrogen and oxygen atoms in total. The number of hydrogen-bond acceptors (Lipinski definition) is 4. The zero-order valence-corrected chi connectivity index (χ0v) is 15.5. The molecule has 27 heavy (non-hydrogen) atoms.